The number of hydrogen-bond acceptors (Lipinski definition) is 3. The Morgan fingerprint density at radius 3 is 2.67 bits per heavy atom. The van der Waals surface area contributed by atoms with E-state index < -0.39 is 0 Å². The van der Waals surface area contributed by atoms with Crippen molar-refractivity contribution in [1.29, 1.82) is 0 Å². The Morgan fingerprint density at radius 2 is 2.13 bits per heavy atom. The molecule has 0 aliphatic heterocycles. The van der Waals surface area contributed by atoms with Gasteiger partial charge < -0.3 is 10.2 Å². The maximum absolute atomic E-state index is 11.4. The topological polar surface area (TPSA) is 50.7 Å². The molecule has 15 heavy (non-hydrogen) atoms. The van der Waals surface area contributed by atoms with Gasteiger partial charge in [0.1, 0.15) is 7.11 Å². The van der Waals surface area contributed by atoms with Crippen molar-refractivity contribution < 1.29 is 9.63 Å². The van der Waals surface area contributed by atoms with Gasteiger partial charge in [-0.3, -0.25) is 4.79 Å². The molecular formula is C11H14N2O2. The Labute approximate surface area is 88.9 Å². The number of carbonyl (C=O) groups is 1. The zero-order valence-corrected chi connectivity index (χ0v) is 8.86. The largest absolute Gasteiger partial charge is 0.399 e. The van der Waals surface area contributed by atoms with E-state index in [1.807, 2.05) is 19.1 Å². The van der Waals surface area contributed by atoms with Crippen LogP contribution in [0.15, 0.2) is 29.4 Å². The fourth-order valence-corrected chi connectivity index (χ4v) is 1.10. The Hall–Kier alpha value is -1.84. The second-order valence-electron chi connectivity index (χ2n) is 2.90. The van der Waals surface area contributed by atoms with E-state index in [9.17, 15) is 4.79 Å². The summed E-state index contributed by atoms with van der Waals surface area (Å²) in [5.41, 5.74) is 1.54. The first-order chi connectivity index (χ1) is 7.27. The molecule has 80 valence electrons. The summed E-state index contributed by atoms with van der Waals surface area (Å²) in [6.07, 6.45) is 1.58. The Bertz CT molecular complexity index is 344. The lowest BCUT2D eigenvalue weighted by atomic mass is 10.1. The van der Waals surface area contributed by atoms with E-state index in [1.165, 1.54) is 7.11 Å². The van der Waals surface area contributed by atoms with Crippen molar-refractivity contribution in [3.63, 3.8) is 0 Å². The summed E-state index contributed by atoms with van der Waals surface area (Å²) < 4.78 is 0. The van der Waals surface area contributed by atoms with E-state index in [0.29, 0.717) is 12.1 Å². The van der Waals surface area contributed by atoms with Crippen LogP contribution in [-0.2, 0) is 4.84 Å². The van der Waals surface area contributed by atoms with Crippen LogP contribution < -0.4 is 5.32 Å². The van der Waals surface area contributed by atoms with Crippen molar-refractivity contribution in [2.24, 2.45) is 5.16 Å². The van der Waals surface area contributed by atoms with E-state index in [2.05, 4.69) is 15.3 Å². The summed E-state index contributed by atoms with van der Waals surface area (Å²) in [5.74, 6) is -0.0623. The first-order valence-electron chi connectivity index (χ1n) is 4.72. The maximum Gasteiger partial charge on any atom is 0.251 e. The van der Waals surface area contributed by atoms with Gasteiger partial charge in [-0.2, -0.15) is 0 Å². The Balaban J connectivity index is 2.71. The number of hydrogen-bond donors (Lipinski definition) is 1. The monoisotopic (exact) mass is 206 g/mol. The number of nitrogens with one attached hydrogen (secondary N) is 1. The van der Waals surface area contributed by atoms with Gasteiger partial charge in [-0.15, -0.1) is 0 Å². The number of benzene rings is 1. The normalized spacial score (nSPS) is 10.3. The third-order valence-corrected chi connectivity index (χ3v) is 1.82. The molecule has 1 N–H and O–H groups in total. The van der Waals surface area contributed by atoms with Crippen molar-refractivity contribution in [1.82, 2.24) is 5.32 Å². The second kappa shape index (κ2) is 5.80. The van der Waals surface area contributed by atoms with Gasteiger partial charge in [0.25, 0.3) is 5.91 Å². The van der Waals surface area contributed by atoms with Crippen LogP contribution >= 0.6 is 0 Å². The van der Waals surface area contributed by atoms with Crippen molar-refractivity contribution in [3.05, 3.63) is 35.4 Å². The van der Waals surface area contributed by atoms with Gasteiger partial charge in [-0.05, 0) is 24.6 Å². The van der Waals surface area contributed by atoms with Crippen molar-refractivity contribution in [2.45, 2.75) is 6.92 Å². The highest BCUT2D eigenvalue weighted by molar-refractivity contribution is 5.94. The van der Waals surface area contributed by atoms with Crippen molar-refractivity contribution in [2.75, 3.05) is 13.7 Å². The van der Waals surface area contributed by atoms with Gasteiger partial charge in [0.2, 0.25) is 0 Å². The van der Waals surface area contributed by atoms with E-state index in [-0.39, 0.29) is 5.91 Å². The van der Waals surface area contributed by atoms with Crippen LogP contribution in [0.25, 0.3) is 0 Å². The summed E-state index contributed by atoms with van der Waals surface area (Å²) in [4.78, 5) is 16.0. The van der Waals surface area contributed by atoms with Crippen molar-refractivity contribution in [3.8, 4) is 0 Å². The van der Waals surface area contributed by atoms with E-state index >= 15 is 0 Å². The Kier molecular flexibility index (Phi) is 4.34. The van der Waals surface area contributed by atoms with Gasteiger partial charge >= 0.3 is 0 Å². The number of amides is 1. The zero-order chi connectivity index (χ0) is 11.1. The van der Waals surface area contributed by atoms with Crippen LogP contribution in [0.2, 0.25) is 0 Å². The van der Waals surface area contributed by atoms with Gasteiger partial charge in [-0.25, -0.2) is 0 Å². The van der Waals surface area contributed by atoms with Crippen LogP contribution in [0.4, 0.5) is 0 Å². The van der Waals surface area contributed by atoms with E-state index in [0.717, 1.165) is 5.56 Å². The lowest BCUT2D eigenvalue weighted by Gasteiger charge is -2.01. The molecule has 0 bridgehead atoms. The summed E-state index contributed by atoms with van der Waals surface area (Å²) >= 11 is 0. The van der Waals surface area contributed by atoms with Crippen LogP contribution in [0, 0.1) is 0 Å². The first-order valence-corrected chi connectivity index (χ1v) is 4.72. The van der Waals surface area contributed by atoms with Crippen LogP contribution in [-0.4, -0.2) is 25.8 Å². The highest BCUT2D eigenvalue weighted by atomic mass is 16.6. The molecule has 0 aliphatic carbocycles. The molecule has 1 rings (SSSR count). The molecule has 1 amide bonds. The lowest BCUT2D eigenvalue weighted by Crippen LogP contribution is -2.22. The first kappa shape index (κ1) is 11.2. The third-order valence-electron chi connectivity index (χ3n) is 1.82. The minimum absolute atomic E-state index is 0.0623. The predicted octanol–water partition coefficient (Wildman–Crippen LogP) is 1.42. The van der Waals surface area contributed by atoms with Gasteiger partial charge in [-0.1, -0.05) is 17.3 Å². The van der Waals surface area contributed by atoms with Crippen LogP contribution in [0.5, 0.6) is 0 Å². The highest BCUT2D eigenvalue weighted by Crippen LogP contribution is 2.02. The molecule has 0 radical (unpaired) electrons. The summed E-state index contributed by atoms with van der Waals surface area (Å²) in [7, 11) is 1.49. The molecule has 0 aliphatic rings. The second-order valence-corrected chi connectivity index (χ2v) is 2.90. The molecule has 0 heterocycles. The predicted molar refractivity (Wildman–Crippen MR) is 59.1 cm³/mol. The van der Waals surface area contributed by atoms with E-state index in [1.54, 1.807) is 18.3 Å². The molecule has 0 aromatic heterocycles. The number of rotatable bonds is 4. The quantitative estimate of drug-likeness (QED) is 0.598. The standard InChI is InChI=1S/C11H14N2O2/c1-3-12-11(14)10-6-4-9(5-7-10)8-13-15-2/h4-8H,3H2,1-2H3,(H,12,14). The SMILES string of the molecule is CCNC(=O)c1ccc(C=NOC)cc1. The lowest BCUT2D eigenvalue weighted by molar-refractivity contribution is 0.0956. The third kappa shape index (κ3) is 3.42. The number of nitrogens with zero attached hydrogens (tertiary/aromatic N) is 1. The van der Waals surface area contributed by atoms with Gasteiger partial charge in [0.15, 0.2) is 0 Å². The number of oxime groups is 1. The minimum atomic E-state index is -0.0623. The summed E-state index contributed by atoms with van der Waals surface area (Å²) in [5, 5.41) is 6.35. The zero-order valence-electron chi connectivity index (χ0n) is 8.86. The molecule has 4 nitrogen and oxygen atoms in total. The molecule has 4 heteroatoms. The Morgan fingerprint density at radius 1 is 1.47 bits per heavy atom. The van der Waals surface area contributed by atoms with Crippen LogP contribution in [0.1, 0.15) is 22.8 Å². The molecule has 0 unspecified atom stereocenters. The summed E-state index contributed by atoms with van der Waals surface area (Å²) in [6, 6.07) is 7.13. The van der Waals surface area contributed by atoms with Gasteiger partial charge in [0.05, 0.1) is 6.21 Å². The molecule has 1 aromatic rings. The molecule has 0 fully saturated rings. The maximum atomic E-state index is 11.4. The molecule has 0 atom stereocenters. The average molecular weight is 206 g/mol. The minimum Gasteiger partial charge on any atom is -0.399 e. The number of carbonyl (C=O) groups excluding carboxylic acids is 1. The molecule has 1 aromatic carbocycles. The fraction of sp³-hybridized carbons (Fsp3) is 0.273. The molecule has 0 saturated heterocycles. The highest BCUT2D eigenvalue weighted by Gasteiger charge is 2.02. The molecular weight excluding hydrogens is 192 g/mol. The fourth-order valence-electron chi connectivity index (χ4n) is 1.10. The van der Waals surface area contributed by atoms with Gasteiger partial charge in [0, 0.05) is 12.1 Å². The average Bonchev–Trinajstić information content (AvgIpc) is 2.27. The summed E-state index contributed by atoms with van der Waals surface area (Å²) in [6.45, 7) is 2.52. The van der Waals surface area contributed by atoms with Crippen LogP contribution in [0.3, 0.4) is 0 Å². The van der Waals surface area contributed by atoms with E-state index in [4.69, 9.17) is 0 Å². The molecule has 0 saturated carbocycles. The molecule has 0 spiro atoms. The van der Waals surface area contributed by atoms with Crippen molar-refractivity contribution >= 4 is 12.1 Å². The smallest absolute Gasteiger partial charge is 0.251 e.